The van der Waals surface area contributed by atoms with Gasteiger partial charge in [0.05, 0.1) is 12.2 Å². The van der Waals surface area contributed by atoms with E-state index in [1.54, 1.807) is 22.7 Å². The molecule has 0 spiro atoms. The first-order valence-electron chi connectivity index (χ1n) is 8.96. The Labute approximate surface area is 160 Å². The molecular formula is C20H18N4O2S. The zero-order valence-electron chi connectivity index (χ0n) is 14.5. The van der Waals surface area contributed by atoms with Gasteiger partial charge >= 0.3 is 0 Å². The molecule has 0 amide bonds. The Morgan fingerprint density at radius 2 is 2.11 bits per heavy atom. The highest BCUT2D eigenvalue weighted by atomic mass is 32.2. The Hall–Kier alpha value is -2.80. The minimum Gasteiger partial charge on any atom is -0.467 e. The van der Waals surface area contributed by atoms with Gasteiger partial charge in [-0.25, -0.2) is 4.68 Å². The minimum absolute atomic E-state index is 0.209. The summed E-state index contributed by atoms with van der Waals surface area (Å²) in [5.41, 5.74) is 2.13. The van der Waals surface area contributed by atoms with Crippen LogP contribution in [0.3, 0.4) is 0 Å². The van der Waals surface area contributed by atoms with Gasteiger partial charge in [-0.2, -0.15) is 4.98 Å². The number of fused-ring (bicyclic) bond motifs is 2. The van der Waals surface area contributed by atoms with Gasteiger partial charge in [0.2, 0.25) is 11.1 Å². The van der Waals surface area contributed by atoms with Gasteiger partial charge in [0.1, 0.15) is 17.6 Å². The molecule has 6 nitrogen and oxygen atoms in total. The first kappa shape index (κ1) is 16.4. The predicted molar refractivity (Wildman–Crippen MR) is 102 cm³/mol. The fourth-order valence-corrected chi connectivity index (χ4v) is 4.47. The number of nitrogens with one attached hydrogen (secondary N) is 1. The summed E-state index contributed by atoms with van der Waals surface area (Å²) < 4.78 is 7.47. The number of hydrogen-bond acceptors (Lipinski definition) is 6. The van der Waals surface area contributed by atoms with Crippen LogP contribution in [0.1, 0.15) is 30.2 Å². The largest absolute Gasteiger partial charge is 0.467 e. The minimum atomic E-state index is -0.300. The molecule has 2 aliphatic rings. The summed E-state index contributed by atoms with van der Waals surface area (Å²) in [5, 5.41) is 8.69. The third-order valence-corrected chi connectivity index (χ3v) is 5.84. The number of anilines is 1. The molecule has 1 aromatic carbocycles. The van der Waals surface area contributed by atoms with Crippen LogP contribution in [0.25, 0.3) is 0 Å². The molecule has 1 aliphatic carbocycles. The second-order valence-corrected chi connectivity index (χ2v) is 7.61. The van der Waals surface area contributed by atoms with Crippen LogP contribution in [0, 0.1) is 5.92 Å². The van der Waals surface area contributed by atoms with E-state index in [1.807, 2.05) is 30.3 Å². The lowest BCUT2D eigenvalue weighted by Gasteiger charge is -2.34. The van der Waals surface area contributed by atoms with E-state index >= 15 is 0 Å². The van der Waals surface area contributed by atoms with E-state index < -0.39 is 0 Å². The van der Waals surface area contributed by atoms with Crippen LogP contribution in [0.15, 0.2) is 70.1 Å². The average molecular weight is 378 g/mol. The summed E-state index contributed by atoms with van der Waals surface area (Å²) in [7, 11) is 0. The van der Waals surface area contributed by atoms with Gasteiger partial charge in [0.25, 0.3) is 0 Å². The van der Waals surface area contributed by atoms with E-state index in [0.717, 1.165) is 23.6 Å². The number of nitrogens with zero attached hydrogens (tertiary/aromatic N) is 3. The molecule has 136 valence electrons. The van der Waals surface area contributed by atoms with Gasteiger partial charge < -0.3 is 9.73 Å². The van der Waals surface area contributed by atoms with Crippen molar-refractivity contribution in [3.05, 3.63) is 71.8 Å². The topological polar surface area (TPSA) is 73.0 Å². The highest BCUT2D eigenvalue weighted by Gasteiger charge is 2.42. The van der Waals surface area contributed by atoms with Gasteiger partial charge in [-0.1, -0.05) is 48.2 Å². The van der Waals surface area contributed by atoms with Crippen molar-refractivity contribution in [1.82, 2.24) is 14.8 Å². The number of ketones is 1. The molecule has 27 heavy (non-hydrogen) atoms. The molecule has 3 heterocycles. The number of Topliss-reactive ketones (excluding diaryl/α,β-unsaturated/α-hetero) is 1. The smallest absolute Gasteiger partial charge is 0.227 e. The van der Waals surface area contributed by atoms with Crippen LogP contribution in [0.5, 0.6) is 0 Å². The van der Waals surface area contributed by atoms with Crippen LogP contribution in [-0.2, 0) is 10.5 Å². The number of rotatable bonds is 4. The fraction of sp³-hybridized carbons (Fsp3) is 0.250. The maximum Gasteiger partial charge on any atom is 0.227 e. The van der Waals surface area contributed by atoms with Gasteiger partial charge in [-0.05, 0) is 24.1 Å². The number of aromatic nitrogens is 3. The quantitative estimate of drug-likeness (QED) is 0.691. The monoisotopic (exact) mass is 378 g/mol. The highest BCUT2D eigenvalue weighted by Crippen LogP contribution is 2.42. The van der Waals surface area contributed by atoms with Crippen LogP contribution in [0.4, 0.5) is 5.95 Å². The zero-order valence-corrected chi connectivity index (χ0v) is 15.4. The Morgan fingerprint density at radius 1 is 1.22 bits per heavy atom. The molecule has 0 fully saturated rings. The van der Waals surface area contributed by atoms with E-state index in [1.165, 1.54) is 5.56 Å². The number of thioether (sulfide) groups is 1. The first-order valence-corrected chi connectivity index (χ1v) is 9.94. The molecule has 0 saturated heterocycles. The molecule has 2 unspecified atom stereocenters. The van der Waals surface area contributed by atoms with E-state index in [9.17, 15) is 4.79 Å². The van der Waals surface area contributed by atoms with E-state index in [0.29, 0.717) is 17.5 Å². The van der Waals surface area contributed by atoms with Crippen LogP contribution in [0.2, 0.25) is 0 Å². The Kier molecular flexibility index (Phi) is 4.09. The third-order valence-electron chi connectivity index (χ3n) is 4.93. The lowest BCUT2D eigenvalue weighted by Crippen LogP contribution is -2.38. The number of carbonyl (C=O) groups excluding carboxylic acids is 1. The number of carbonyl (C=O) groups is 1. The Morgan fingerprint density at radius 3 is 2.93 bits per heavy atom. The van der Waals surface area contributed by atoms with Crippen molar-refractivity contribution in [2.24, 2.45) is 5.92 Å². The van der Waals surface area contributed by atoms with Crippen molar-refractivity contribution >= 4 is 23.5 Å². The second-order valence-electron chi connectivity index (χ2n) is 6.66. The van der Waals surface area contributed by atoms with Crippen LogP contribution < -0.4 is 5.32 Å². The summed E-state index contributed by atoms with van der Waals surface area (Å²) in [6.45, 7) is 0. The van der Waals surface area contributed by atoms with Crippen molar-refractivity contribution in [1.29, 1.82) is 0 Å². The normalized spacial score (nSPS) is 21.2. The molecule has 1 aliphatic heterocycles. The van der Waals surface area contributed by atoms with Crippen molar-refractivity contribution in [3.8, 4) is 0 Å². The van der Waals surface area contributed by atoms with E-state index in [2.05, 4.69) is 28.5 Å². The highest BCUT2D eigenvalue weighted by molar-refractivity contribution is 7.98. The number of furan rings is 1. The molecule has 5 rings (SSSR count). The lowest BCUT2D eigenvalue weighted by molar-refractivity contribution is -0.123. The van der Waals surface area contributed by atoms with Gasteiger partial charge in [0, 0.05) is 17.9 Å². The molecule has 3 aromatic rings. The molecule has 7 heteroatoms. The molecule has 0 bridgehead atoms. The average Bonchev–Trinajstić information content (AvgIpc) is 3.35. The third kappa shape index (κ3) is 2.98. The number of allylic oxidation sites excluding steroid dienone is 2. The number of hydrogen-bond donors (Lipinski definition) is 1. The number of benzene rings is 1. The summed E-state index contributed by atoms with van der Waals surface area (Å²) in [6, 6.07) is 13.7. The molecule has 0 radical (unpaired) electrons. The summed E-state index contributed by atoms with van der Waals surface area (Å²) >= 11 is 1.58. The summed E-state index contributed by atoms with van der Waals surface area (Å²) in [4.78, 5) is 17.3. The molecule has 1 N–H and O–H groups in total. The predicted octanol–water partition coefficient (Wildman–Crippen LogP) is 4.04. The fourth-order valence-electron chi connectivity index (χ4n) is 3.68. The van der Waals surface area contributed by atoms with Crippen molar-refractivity contribution < 1.29 is 9.21 Å². The zero-order chi connectivity index (χ0) is 18.2. The molecular weight excluding hydrogens is 360 g/mol. The Bertz CT molecular complexity index is 994. The van der Waals surface area contributed by atoms with Crippen molar-refractivity contribution in [3.63, 3.8) is 0 Å². The van der Waals surface area contributed by atoms with Crippen LogP contribution >= 0.6 is 11.8 Å². The standard InChI is InChI=1S/C20H18N4O2S/c25-15-9-4-8-14-17(15)18(16-10-5-11-26-16)24-19(21-14)22-20(23-24)27-12-13-6-2-1-3-7-13/h1-3,5-8,10-11,17-18H,4,9,12H2,(H,21,22,23). The van der Waals surface area contributed by atoms with Gasteiger partial charge in [0.15, 0.2) is 0 Å². The van der Waals surface area contributed by atoms with Crippen molar-refractivity contribution in [2.45, 2.75) is 29.8 Å². The Balaban J connectivity index is 1.50. The summed E-state index contributed by atoms with van der Waals surface area (Å²) in [6.07, 6.45) is 5.03. The van der Waals surface area contributed by atoms with Gasteiger partial charge in [-0.3, -0.25) is 4.79 Å². The van der Waals surface area contributed by atoms with Gasteiger partial charge in [-0.15, -0.1) is 5.10 Å². The maximum atomic E-state index is 12.7. The molecule has 2 atom stereocenters. The molecule has 0 saturated carbocycles. The van der Waals surface area contributed by atoms with Crippen LogP contribution in [-0.4, -0.2) is 20.5 Å². The first-order chi connectivity index (χ1) is 13.3. The lowest BCUT2D eigenvalue weighted by atomic mass is 9.83. The SMILES string of the molecule is O=C1CCC=C2Nc3nc(SCc4ccccc4)nn3C(c3ccco3)C12. The van der Waals surface area contributed by atoms with E-state index in [4.69, 9.17) is 9.52 Å². The van der Waals surface area contributed by atoms with E-state index in [-0.39, 0.29) is 17.7 Å². The summed E-state index contributed by atoms with van der Waals surface area (Å²) in [5.74, 6) is 2.09. The molecule has 2 aromatic heterocycles. The second kappa shape index (κ2) is 6.74. The maximum absolute atomic E-state index is 12.7. The van der Waals surface area contributed by atoms with Crippen molar-refractivity contribution in [2.75, 3.05) is 5.32 Å².